The predicted molar refractivity (Wildman–Crippen MR) is 64.5 cm³/mol. The number of carboxylic acid groups (broad SMARTS) is 1. The van der Waals surface area contributed by atoms with Gasteiger partial charge in [-0.2, -0.15) is 0 Å². The summed E-state index contributed by atoms with van der Waals surface area (Å²) >= 11 is 3.34. The van der Waals surface area contributed by atoms with Gasteiger partial charge in [0.2, 0.25) is 5.91 Å². The molecule has 1 fully saturated rings. The van der Waals surface area contributed by atoms with Crippen LogP contribution in [0.3, 0.4) is 0 Å². The molecule has 0 aromatic heterocycles. The molecule has 0 radical (unpaired) electrons. The number of hydrogen-bond donors (Lipinski definition) is 1. The third kappa shape index (κ3) is 3.20. The Morgan fingerprint density at radius 1 is 1.62 bits per heavy atom. The first kappa shape index (κ1) is 13.5. The molecule has 92 valence electrons. The highest BCUT2D eigenvalue weighted by Gasteiger charge is 2.37. The number of alkyl halides is 1. The smallest absolute Gasteiger partial charge is 0.326 e. The lowest BCUT2D eigenvalue weighted by Crippen LogP contribution is -2.43. The molecule has 1 rings (SSSR count). The van der Waals surface area contributed by atoms with E-state index in [-0.39, 0.29) is 17.7 Å². The van der Waals surface area contributed by atoms with Crippen molar-refractivity contribution in [3.63, 3.8) is 0 Å². The summed E-state index contributed by atoms with van der Waals surface area (Å²) in [5, 5.41) is 9.91. The highest BCUT2D eigenvalue weighted by Crippen LogP contribution is 2.24. The number of carbonyl (C=O) groups is 2. The highest BCUT2D eigenvalue weighted by molar-refractivity contribution is 9.09. The zero-order valence-corrected chi connectivity index (χ0v) is 11.2. The van der Waals surface area contributed by atoms with Gasteiger partial charge in [0, 0.05) is 18.3 Å². The van der Waals surface area contributed by atoms with E-state index in [2.05, 4.69) is 15.9 Å². The average Bonchev–Trinajstić information content (AvgIpc) is 2.55. The lowest BCUT2D eigenvalue weighted by molar-refractivity contribution is -0.149. The molecule has 0 bridgehead atoms. The topological polar surface area (TPSA) is 57.6 Å². The summed E-state index contributed by atoms with van der Waals surface area (Å²) < 4.78 is 0. The Kier molecular flexibility index (Phi) is 4.77. The summed E-state index contributed by atoms with van der Waals surface area (Å²) in [6, 6.07) is -0.656. The molecule has 2 atom stereocenters. The van der Waals surface area contributed by atoms with Gasteiger partial charge in [-0.15, -0.1) is 0 Å². The van der Waals surface area contributed by atoms with Crippen molar-refractivity contribution in [2.45, 2.75) is 32.7 Å². The molecular weight excluding hydrogens is 274 g/mol. The van der Waals surface area contributed by atoms with Crippen molar-refractivity contribution in [2.24, 2.45) is 11.8 Å². The van der Waals surface area contributed by atoms with E-state index in [1.165, 1.54) is 4.90 Å². The Labute approximate surface area is 104 Å². The summed E-state index contributed by atoms with van der Waals surface area (Å²) in [5.41, 5.74) is 0. The molecule has 0 aliphatic carbocycles. The van der Waals surface area contributed by atoms with Crippen LogP contribution >= 0.6 is 15.9 Å². The summed E-state index contributed by atoms with van der Waals surface area (Å²) in [4.78, 5) is 24.4. The summed E-state index contributed by atoms with van der Waals surface area (Å²) in [6.45, 7) is 4.50. The summed E-state index contributed by atoms with van der Waals surface area (Å²) in [7, 11) is 0. The monoisotopic (exact) mass is 291 g/mol. The number of nitrogens with zero attached hydrogens (tertiary/aromatic N) is 1. The fourth-order valence-electron chi connectivity index (χ4n) is 2.02. The number of halogens is 1. The van der Waals surface area contributed by atoms with Gasteiger partial charge in [0.1, 0.15) is 6.04 Å². The number of aliphatic carboxylic acids is 1. The zero-order valence-electron chi connectivity index (χ0n) is 9.65. The second kappa shape index (κ2) is 5.66. The Morgan fingerprint density at radius 2 is 2.25 bits per heavy atom. The van der Waals surface area contributed by atoms with E-state index in [0.29, 0.717) is 19.4 Å². The van der Waals surface area contributed by atoms with Gasteiger partial charge < -0.3 is 10.0 Å². The van der Waals surface area contributed by atoms with Crippen molar-refractivity contribution in [2.75, 3.05) is 11.9 Å². The number of carbonyl (C=O) groups excluding carboxylic acids is 1. The van der Waals surface area contributed by atoms with Crippen LogP contribution in [-0.2, 0) is 9.59 Å². The van der Waals surface area contributed by atoms with Gasteiger partial charge in [-0.3, -0.25) is 4.79 Å². The minimum absolute atomic E-state index is 0.0301. The lowest BCUT2D eigenvalue weighted by atomic mass is 10.0. The van der Waals surface area contributed by atoms with Crippen molar-refractivity contribution in [1.82, 2.24) is 4.90 Å². The molecule has 0 spiro atoms. The van der Waals surface area contributed by atoms with Crippen molar-refractivity contribution >= 4 is 27.8 Å². The zero-order chi connectivity index (χ0) is 12.3. The third-order valence-corrected chi connectivity index (χ3v) is 3.73. The summed E-state index contributed by atoms with van der Waals surface area (Å²) in [5.74, 6) is -0.395. The summed E-state index contributed by atoms with van der Waals surface area (Å²) in [6.07, 6.45) is 0.989. The molecular formula is C11H18BrNO3. The van der Waals surface area contributed by atoms with Gasteiger partial charge in [-0.1, -0.05) is 29.8 Å². The molecule has 0 saturated carbocycles. The van der Waals surface area contributed by atoms with Gasteiger partial charge in [-0.25, -0.2) is 4.79 Å². The molecule has 1 N–H and O–H groups in total. The van der Waals surface area contributed by atoms with Crippen molar-refractivity contribution in [3.05, 3.63) is 0 Å². The maximum Gasteiger partial charge on any atom is 0.326 e. The molecule has 16 heavy (non-hydrogen) atoms. The van der Waals surface area contributed by atoms with Crippen LogP contribution in [0.25, 0.3) is 0 Å². The van der Waals surface area contributed by atoms with Crippen LogP contribution in [0.1, 0.15) is 26.7 Å². The number of amides is 1. The standard InChI is InChI=1S/C11H18BrNO3/c1-7(2)3-9(11(15)16)13-6-8(5-12)4-10(13)14/h7-9H,3-6H2,1-2H3,(H,15,16)/t8?,9-/m0/s1. The molecule has 1 saturated heterocycles. The van der Waals surface area contributed by atoms with E-state index in [9.17, 15) is 9.59 Å². The average molecular weight is 292 g/mol. The van der Waals surface area contributed by atoms with E-state index in [1.807, 2.05) is 13.8 Å². The second-order valence-corrected chi connectivity index (χ2v) is 5.40. The van der Waals surface area contributed by atoms with E-state index in [4.69, 9.17) is 5.11 Å². The van der Waals surface area contributed by atoms with Crippen molar-refractivity contribution < 1.29 is 14.7 Å². The molecule has 4 nitrogen and oxygen atoms in total. The van der Waals surface area contributed by atoms with Gasteiger partial charge >= 0.3 is 5.97 Å². The second-order valence-electron chi connectivity index (χ2n) is 4.75. The molecule has 1 amide bonds. The maximum atomic E-state index is 11.7. The minimum Gasteiger partial charge on any atom is -0.480 e. The Bertz CT molecular complexity index is 280. The quantitative estimate of drug-likeness (QED) is 0.785. The van der Waals surface area contributed by atoms with Crippen LogP contribution < -0.4 is 0 Å². The first-order valence-corrected chi connectivity index (χ1v) is 6.66. The Morgan fingerprint density at radius 3 is 2.62 bits per heavy atom. The van der Waals surface area contributed by atoms with E-state index in [0.717, 1.165) is 5.33 Å². The highest BCUT2D eigenvalue weighted by atomic mass is 79.9. The fraction of sp³-hybridized carbons (Fsp3) is 0.818. The normalized spacial score (nSPS) is 22.9. The first-order valence-electron chi connectivity index (χ1n) is 5.54. The SMILES string of the molecule is CC(C)C[C@@H](C(=O)O)N1CC(CBr)CC1=O. The van der Waals surface area contributed by atoms with Gasteiger partial charge in [0.05, 0.1) is 0 Å². The Hall–Kier alpha value is -0.580. The molecule has 1 heterocycles. The molecule has 0 aromatic carbocycles. The Balaban J connectivity index is 2.71. The molecule has 1 aliphatic rings. The van der Waals surface area contributed by atoms with Gasteiger partial charge in [0.15, 0.2) is 0 Å². The number of carboxylic acids is 1. The van der Waals surface area contributed by atoms with E-state index < -0.39 is 12.0 Å². The van der Waals surface area contributed by atoms with Crippen LogP contribution in [0.4, 0.5) is 0 Å². The molecule has 5 heteroatoms. The van der Waals surface area contributed by atoms with E-state index in [1.54, 1.807) is 0 Å². The first-order chi connectivity index (χ1) is 7.45. The fourth-order valence-corrected chi connectivity index (χ4v) is 2.45. The van der Waals surface area contributed by atoms with Crippen molar-refractivity contribution in [3.8, 4) is 0 Å². The predicted octanol–water partition coefficient (Wildman–Crippen LogP) is 1.73. The van der Waals surface area contributed by atoms with Gasteiger partial charge in [0.25, 0.3) is 0 Å². The van der Waals surface area contributed by atoms with Crippen LogP contribution in [0, 0.1) is 11.8 Å². The van der Waals surface area contributed by atoms with Crippen LogP contribution in [0.2, 0.25) is 0 Å². The maximum absolute atomic E-state index is 11.7. The van der Waals surface area contributed by atoms with Crippen molar-refractivity contribution in [1.29, 1.82) is 0 Å². The van der Waals surface area contributed by atoms with Crippen LogP contribution in [0.5, 0.6) is 0 Å². The number of hydrogen-bond acceptors (Lipinski definition) is 2. The van der Waals surface area contributed by atoms with Crippen LogP contribution in [0.15, 0.2) is 0 Å². The molecule has 0 aromatic rings. The van der Waals surface area contributed by atoms with Gasteiger partial charge in [-0.05, 0) is 18.3 Å². The number of rotatable bonds is 5. The minimum atomic E-state index is -0.891. The lowest BCUT2D eigenvalue weighted by Gasteiger charge is -2.25. The largest absolute Gasteiger partial charge is 0.480 e. The number of likely N-dealkylation sites (tertiary alicyclic amines) is 1. The molecule has 1 aliphatic heterocycles. The van der Waals surface area contributed by atoms with Crippen LogP contribution in [-0.4, -0.2) is 39.8 Å². The third-order valence-electron chi connectivity index (χ3n) is 2.81. The molecule has 1 unspecified atom stereocenters. The van der Waals surface area contributed by atoms with E-state index >= 15 is 0 Å².